The molecule has 1 heterocycles. The second-order valence-corrected chi connectivity index (χ2v) is 8.70. The number of likely N-dealkylation sites (tertiary alicyclic amines) is 1. The van der Waals surface area contributed by atoms with Crippen molar-refractivity contribution in [2.75, 3.05) is 13.1 Å². The van der Waals surface area contributed by atoms with E-state index < -0.39 is 4.92 Å². The number of thioether (sulfide) groups is 1. The van der Waals surface area contributed by atoms with E-state index in [9.17, 15) is 19.7 Å². The van der Waals surface area contributed by atoms with Gasteiger partial charge in [-0.2, -0.15) is 0 Å². The molecule has 1 fully saturated rings. The molecule has 8 heteroatoms. The van der Waals surface area contributed by atoms with Crippen LogP contribution in [0.4, 0.5) is 5.69 Å². The highest BCUT2D eigenvalue weighted by molar-refractivity contribution is 8.00. The lowest BCUT2D eigenvalue weighted by molar-refractivity contribution is -0.384. The van der Waals surface area contributed by atoms with Gasteiger partial charge in [0.05, 0.1) is 10.2 Å². The van der Waals surface area contributed by atoms with E-state index in [-0.39, 0.29) is 22.8 Å². The predicted molar refractivity (Wildman–Crippen MR) is 116 cm³/mol. The fourth-order valence-electron chi connectivity index (χ4n) is 3.33. The molecule has 30 heavy (non-hydrogen) atoms. The van der Waals surface area contributed by atoms with Crippen molar-refractivity contribution in [2.24, 2.45) is 0 Å². The molecule has 0 spiro atoms. The Morgan fingerprint density at radius 2 is 1.83 bits per heavy atom. The first-order chi connectivity index (χ1) is 14.4. The highest BCUT2D eigenvalue weighted by atomic mass is 32.2. The van der Waals surface area contributed by atoms with Crippen LogP contribution in [0.5, 0.6) is 0 Å². The van der Waals surface area contributed by atoms with E-state index in [4.69, 9.17) is 0 Å². The van der Waals surface area contributed by atoms with Crippen LogP contribution in [0.3, 0.4) is 0 Å². The third-order valence-electron chi connectivity index (χ3n) is 5.01. The van der Waals surface area contributed by atoms with Gasteiger partial charge >= 0.3 is 0 Å². The number of piperidine rings is 1. The Bertz CT molecular complexity index is 911. The van der Waals surface area contributed by atoms with Crippen LogP contribution in [-0.4, -0.2) is 40.0 Å². The quantitative estimate of drug-likeness (QED) is 0.409. The van der Waals surface area contributed by atoms with Crippen LogP contribution in [0.15, 0.2) is 53.4 Å². The standard InChI is InChI=1S/C22H25N3O4S/c1-16(30-20-10-8-19(9-11-20)25(28)29)21(26)23-15-17-6-5-7-18(14-17)22(27)24-12-3-2-4-13-24/h5-11,14,16H,2-4,12-13,15H2,1H3,(H,23,26). The Hall–Kier alpha value is -2.87. The fraction of sp³-hybridized carbons (Fsp3) is 0.364. The molecule has 2 aromatic rings. The molecule has 0 aliphatic carbocycles. The van der Waals surface area contributed by atoms with Gasteiger partial charge in [0.25, 0.3) is 11.6 Å². The topological polar surface area (TPSA) is 92.5 Å². The Morgan fingerprint density at radius 3 is 2.50 bits per heavy atom. The Kier molecular flexibility index (Phi) is 7.46. The molecular weight excluding hydrogens is 402 g/mol. The molecule has 2 aromatic carbocycles. The van der Waals surface area contributed by atoms with E-state index in [0.717, 1.165) is 36.4 Å². The maximum absolute atomic E-state index is 12.7. The molecule has 0 radical (unpaired) electrons. The van der Waals surface area contributed by atoms with Crippen molar-refractivity contribution >= 4 is 29.3 Å². The first kappa shape index (κ1) is 21.8. The molecule has 1 saturated heterocycles. The van der Waals surface area contributed by atoms with Crippen LogP contribution in [0.2, 0.25) is 0 Å². The smallest absolute Gasteiger partial charge is 0.269 e. The summed E-state index contributed by atoms with van der Waals surface area (Å²) in [6.07, 6.45) is 3.27. The summed E-state index contributed by atoms with van der Waals surface area (Å²) >= 11 is 1.34. The van der Waals surface area contributed by atoms with E-state index >= 15 is 0 Å². The van der Waals surface area contributed by atoms with Gasteiger partial charge in [-0.3, -0.25) is 19.7 Å². The van der Waals surface area contributed by atoms with E-state index in [1.807, 2.05) is 29.2 Å². The van der Waals surface area contributed by atoms with E-state index in [1.165, 1.54) is 30.3 Å². The van der Waals surface area contributed by atoms with Crippen molar-refractivity contribution in [3.05, 3.63) is 69.8 Å². The number of amides is 2. The van der Waals surface area contributed by atoms with Gasteiger partial charge in [0.15, 0.2) is 0 Å². The number of nitrogens with zero attached hydrogens (tertiary/aromatic N) is 2. The van der Waals surface area contributed by atoms with Crippen molar-refractivity contribution in [3.63, 3.8) is 0 Å². The second-order valence-electron chi connectivity index (χ2n) is 7.28. The van der Waals surface area contributed by atoms with Gasteiger partial charge in [0, 0.05) is 42.2 Å². The summed E-state index contributed by atoms with van der Waals surface area (Å²) in [6.45, 7) is 3.73. The third kappa shape index (κ3) is 5.82. The monoisotopic (exact) mass is 427 g/mol. The van der Waals surface area contributed by atoms with Crippen molar-refractivity contribution in [2.45, 2.75) is 42.9 Å². The normalized spacial score (nSPS) is 14.8. The van der Waals surface area contributed by atoms with Crippen molar-refractivity contribution in [3.8, 4) is 0 Å². The highest BCUT2D eigenvalue weighted by Gasteiger charge is 2.19. The Balaban J connectivity index is 1.53. The van der Waals surface area contributed by atoms with Gasteiger partial charge in [-0.25, -0.2) is 0 Å². The average molecular weight is 428 g/mol. The summed E-state index contributed by atoms with van der Waals surface area (Å²) in [5, 5.41) is 13.3. The van der Waals surface area contributed by atoms with Crippen LogP contribution in [0.25, 0.3) is 0 Å². The molecule has 0 bridgehead atoms. The van der Waals surface area contributed by atoms with Gasteiger partial charge < -0.3 is 10.2 Å². The number of carbonyl (C=O) groups excluding carboxylic acids is 2. The number of benzene rings is 2. The largest absolute Gasteiger partial charge is 0.351 e. The highest BCUT2D eigenvalue weighted by Crippen LogP contribution is 2.25. The summed E-state index contributed by atoms with van der Waals surface area (Å²) in [6, 6.07) is 13.5. The van der Waals surface area contributed by atoms with Crippen LogP contribution in [0, 0.1) is 10.1 Å². The zero-order chi connectivity index (χ0) is 21.5. The molecular formula is C22H25N3O4S. The molecule has 2 amide bonds. The van der Waals surface area contributed by atoms with Gasteiger partial charge in [-0.15, -0.1) is 11.8 Å². The molecule has 1 aliphatic rings. The Labute approximate surface area is 180 Å². The molecule has 1 aliphatic heterocycles. The van der Waals surface area contributed by atoms with Crippen LogP contribution in [-0.2, 0) is 11.3 Å². The number of nitrogens with one attached hydrogen (secondary N) is 1. The first-order valence-corrected chi connectivity index (χ1v) is 10.9. The number of rotatable bonds is 7. The summed E-state index contributed by atoms with van der Waals surface area (Å²) in [5.41, 5.74) is 1.55. The van der Waals surface area contributed by atoms with E-state index in [2.05, 4.69) is 5.32 Å². The predicted octanol–water partition coefficient (Wildman–Crippen LogP) is 4.02. The van der Waals surface area contributed by atoms with Crippen LogP contribution in [0.1, 0.15) is 42.1 Å². The van der Waals surface area contributed by atoms with E-state index in [1.54, 1.807) is 19.1 Å². The molecule has 1 N–H and O–H groups in total. The summed E-state index contributed by atoms with van der Waals surface area (Å²) in [5.74, 6) is -0.0870. The number of hydrogen-bond donors (Lipinski definition) is 1. The first-order valence-electron chi connectivity index (χ1n) is 10.0. The minimum absolute atomic E-state index is 0.0236. The van der Waals surface area contributed by atoms with Crippen molar-refractivity contribution in [1.29, 1.82) is 0 Å². The van der Waals surface area contributed by atoms with Crippen molar-refractivity contribution in [1.82, 2.24) is 10.2 Å². The lowest BCUT2D eigenvalue weighted by Gasteiger charge is -2.26. The lowest BCUT2D eigenvalue weighted by atomic mass is 10.1. The number of nitro groups is 1. The van der Waals surface area contributed by atoms with Crippen LogP contribution >= 0.6 is 11.8 Å². The molecule has 0 aromatic heterocycles. The number of non-ortho nitro benzene ring substituents is 1. The molecule has 158 valence electrons. The zero-order valence-corrected chi connectivity index (χ0v) is 17.7. The maximum Gasteiger partial charge on any atom is 0.269 e. The number of hydrogen-bond acceptors (Lipinski definition) is 5. The molecule has 7 nitrogen and oxygen atoms in total. The SMILES string of the molecule is CC(Sc1ccc([N+](=O)[O-])cc1)C(=O)NCc1cccc(C(=O)N2CCCCC2)c1. The molecule has 3 rings (SSSR count). The van der Waals surface area contributed by atoms with Crippen LogP contribution < -0.4 is 5.32 Å². The minimum Gasteiger partial charge on any atom is -0.351 e. The molecule has 1 unspecified atom stereocenters. The van der Waals surface area contributed by atoms with Gasteiger partial charge in [0.2, 0.25) is 5.91 Å². The number of carbonyl (C=O) groups is 2. The fourth-order valence-corrected chi connectivity index (χ4v) is 4.22. The maximum atomic E-state index is 12.7. The van der Waals surface area contributed by atoms with Gasteiger partial charge in [0.1, 0.15) is 0 Å². The molecule has 1 atom stereocenters. The summed E-state index contributed by atoms with van der Waals surface area (Å²) in [7, 11) is 0. The lowest BCUT2D eigenvalue weighted by Crippen LogP contribution is -2.35. The van der Waals surface area contributed by atoms with Crippen molar-refractivity contribution < 1.29 is 14.5 Å². The third-order valence-corrected chi connectivity index (χ3v) is 6.13. The number of nitro benzene ring substituents is 1. The van der Waals surface area contributed by atoms with E-state index in [0.29, 0.717) is 12.1 Å². The second kappa shape index (κ2) is 10.2. The van der Waals surface area contributed by atoms with Gasteiger partial charge in [-0.05, 0) is 56.0 Å². The zero-order valence-electron chi connectivity index (χ0n) is 16.9. The Morgan fingerprint density at radius 1 is 1.13 bits per heavy atom. The summed E-state index contributed by atoms with van der Waals surface area (Å²) < 4.78 is 0. The molecule has 0 saturated carbocycles. The minimum atomic E-state index is -0.450. The summed E-state index contributed by atoms with van der Waals surface area (Å²) in [4.78, 5) is 38.1. The average Bonchev–Trinajstić information content (AvgIpc) is 2.78. The van der Waals surface area contributed by atoms with Gasteiger partial charge in [-0.1, -0.05) is 12.1 Å².